The Bertz CT molecular complexity index is 186. The molecule has 1 unspecified atom stereocenters. The molecule has 0 aliphatic carbocycles. The monoisotopic (exact) mass is 132 g/mol. The maximum Gasteiger partial charge on any atom is 0.196 e. The van der Waals surface area contributed by atoms with Crippen molar-refractivity contribution in [3.05, 3.63) is 12.4 Å². The van der Waals surface area contributed by atoms with Gasteiger partial charge in [0.25, 0.3) is 0 Å². The number of hydrogen-bond donors (Lipinski definition) is 1. The highest BCUT2D eigenvalue weighted by molar-refractivity contribution is 7.84. The predicted molar refractivity (Wildman–Crippen MR) is 33.0 cm³/mol. The van der Waals surface area contributed by atoms with Crippen LogP contribution in [0.2, 0.25) is 0 Å². The van der Waals surface area contributed by atoms with Crippen LogP contribution in [0.5, 0.6) is 0 Å². The molecule has 0 aliphatic heterocycles. The van der Waals surface area contributed by atoms with E-state index in [-0.39, 0.29) is 1.43 Å². The molecule has 0 saturated carbocycles. The first-order chi connectivity index (χ1) is 3.80. The van der Waals surface area contributed by atoms with E-state index >= 15 is 0 Å². The maximum atomic E-state index is 10.5. The molecule has 0 aliphatic rings. The van der Waals surface area contributed by atoms with E-state index in [2.05, 4.69) is 9.97 Å². The molecular weight excluding hydrogens is 124 g/mol. The van der Waals surface area contributed by atoms with Crippen LogP contribution in [0.4, 0.5) is 0 Å². The average Bonchev–Trinajstić information content (AvgIpc) is 2.12. The summed E-state index contributed by atoms with van der Waals surface area (Å²) in [7, 11) is -0.965. The lowest BCUT2D eigenvalue weighted by Gasteiger charge is -1.81. The van der Waals surface area contributed by atoms with Gasteiger partial charge in [-0.15, -0.1) is 0 Å². The van der Waals surface area contributed by atoms with Crippen molar-refractivity contribution >= 4 is 10.8 Å². The molecule has 46 valence electrons. The second kappa shape index (κ2) is 2.09. The first-order valence-electron chi connectivity index (χ1n) is 2.13. The predicted octanol–water partition coefficient (Wildman–Crippen LogP) is 0.393. The minimum Gasteiger partial charge on any atom is -0.338 e. The third-order valence-corrected chi connectivity index (χ3v) is 1.51. The summed E-state index contributed by atoms with van der Waals surface area (Å²) in [6.07, 6.45) is 4.81. The highest BCUT2D eigenvalue weighted by atomic mass is 32.2. The number of H-pyrrole nitrogens is 1. The molecule has 0 saturated heterocycles. The Hall–Kier alpha value is -0.640. The Kier molecular flexibility index (Phi) is 1.43. The van der Waals surface area contributed by atoms with Crippen molar-refractivity contribution in [2.75, 3.05) is 6.26 Å². The molecule has 8 heavy (non-hydrogen) atoms. The molecule has 0 aromatic carbocycles. The molecule has 1 aromatic rings. The molecule has 1 heterocycles. The van der Waals surface area contributed by atoms with Crippen molar-refractivity contribution in [2.24, 2.45) is 0 Å². The van der Waals surface area contributed by atoms with Crippen LogP contribution in [0.25, 0.3) is 0 Å². The molecular formula is C4H8N2OS. The Morgan fingerprint density at radius 3 is 3.00 bits per heavy atom. The third kappa shape index (κ3) is 0.949. The van der Waals surface area contributed by atoms with Crippen molar-refractivity contribution in [1.82, 2.24) is 9.97 Å². The molecule has 0 fully saturated rings. The third-order valence-electron chi connectivity index (χ3n) is 0.745. The van der Waals surface area contributed by atoms with Crippen molar-refractivity contribution in [1.29, 1.82) is 0 Å². The van der Waals surface area contributed by atoms with Crippen LogP contribution in [-0.2, 0) is 10.8 Å². The van der Waals surface area contributed by atoms with Crippen molar-refractivity contribution in [3.63, 3.8) is 0 Å². The largest absolute Gasteiger partial charge is 0.338 e. The summed E-state index contributed by atoms with van der Waals surface area (Å²) in [5.74, 6) is 0. The highest BCUT2D eigenvalue weighted by Crippen LogP contribution is 1.91. The molecule has 1 aromatic heterocycles. The van der Waals surface area contributed by atoms with E-state index in [0.29, 0.717) is 5.16 Å². The van der Waals surface area contributed by atoms with Crippen molar-refractivity contribution in [2.45, 2.75) is 5.16 Å². The maximum absolute atomic E-state index is 10.5. The summed E-state index contributed by atoms with van der Waals surface area (Å²) in [5, 5.41) is 0.532. The number of hydrogen-bond acceptors (Lipinski definition) is 2. The highest BCUT2D eigenvalue weighted by Gasteiger charge is 1.94. The van der Waals surface area contributed by atoms with Gasteiger partial charge in [-0.05, 0) is 0 Å². The molecule has 0 radical (unpaired) electrons. The number of aromatic amines is 1. The van der Waals surface area contributed by atoms with E-state index < -0.39 is 10.8 Å². The van der Waals surface area contributed by atoms with Gasteiger partial charge in [-0.2, -0.15) is 0 Å². The Morgan fingerprint density at radius 2 is 2.75 bits per heavy atom. The van der Waals surface area contributed by atoms with Gasteiger partial charge < -0.3 is 4.98 Å². The van der Waals surface area contributed by atoms with Crippen LogP contribution in [0, 0.1) is 0 Å². The summed E-state index contributed by atoms with van der Waals surface area (Å²) >= 11 is 0. The molecule has 1 N–H and O–H groups in total. The van der Waals surface area contributed by atoms with E-state index in [1.54, 1.807) is 18.6 Å². The van der Waals surface area contributed by atoms with E-state index in [0.717, 1.165) is 0 Å². The summed E-state index contributed by atoms with van der Waals surface area (Å²) in [4.78, 5) is 6.49. The van der Waals surface area contributed by atoms with E-state index in [9.17, 15) is 4.21 Å². The molecule has 0 amide bonds. The minimum absolute atomic E-state index is 0. The number of aromatic nitrogens is 2. The fourth-order valence-corrected chi connectivity index (χ4v) is 0.851. The van der Waals surface area contributed by atoms with E-state index in [1.165, 1.54) is 0 Å². The van der Waals surface area contributed by atoms with Gasteiger partial charge in [0.15, 0.2) is 5.16 Å². The van der Waals surface area contributed by atoms with Gasteiger partial charge in [0.1, 0.15) is 0 Å². The fourth-order valence-electron chi connectivity index (χ4n) is 0.408. The van der Waals surface area contributed by atoms with Crippen molar-refractivity contribution in [3.8, 4) is 0 Å². The van der Waals surface area contributed by atoms with E-state index in [4.69, 9.17) is 0 Å². The van der Waals surface area contributed by atoms with Crippen LogP contribution in [0.1, 0.15) is 1.43 Å². The molecule has 4 heteroatoms. The zero-order valence-corrected chi connectivity index (χ0v) is 5.23. The topological polar surface area (TPSA) is 45.8 Å². The SMILES string of the molecule is CS(=O)c1ncc[nH]1.[HH]. The zero-order chi connectivity index (χ0) is 5.98. The lowest BCUT2D eigenvalue weighted by atomic mass is 11.0. The second-order valence-corrected chi connectivity index (χ2v) is 2.64. The van der Waals surface area contributed by atoms with Crippen LogP contribution < -0.4 is 0 Å². The quantitative estimate of drug-likeness (QED) is 0.601. The Morgan fingerprint density at radius 1 is 2.00 bits per heavy atom. The summed E-state index contributed by atoms with van der Waals surface area (Å²) in [6, 6.07) is 0. The van der Waals surface area contributed by atoms with Gasteiger partial charge in [0.05, 0.1) is 10.8 Å². The zero-order valence-electron chi connectivity index (χ0n) is 4.42. The van der Waals surface area contributed by atoms with Gasteiger partial charge in [-0.3, -0.25) is 4.21 Å². The standard InChI is InChI=1S/C4H6N2OS.H2/c1-8(7)4-5-2-3-6-4;/h2-3H,1H3,(H,5,6);1H. The Labute approximate surface area is 51.1 Å². The van der Waals surface area contributed by atoms with E-state index in [1.807, 2.05) is 0 Å². The number of nitrogens with zero attached hydrogens (tertiary/aromatic N) is 1. The lowest BCUT2D eigenvalue weighted by Crippen LogP contribution is -1.87. The van der Waals surface area contributed by atoms with Crippen LogP contribution in [0.3, 0.4) is 0 Å². The van der Waals surface area contributed by atoms with Crippen LogP contribution in [0.15, 0.2) is 17.6 Å². The van der Waals surface area contributed by atoms with Gasteiger partial charge in [-0.1, -0.05) is 0 Å². The number of nitrogens with one attached hydrogen (secondary N) is 1. The first-order valence-corrected chi connectivity index (χ1v) is 3.69. The summed E-state index contributed by atoms with van der Waals surface area (Å²) in [5.41, 5.74) is 0. The smallest absolute Gasteiger partial charge is 0.196 e. The Balaban J connectivity index is 0.000000640. The van der Waals surface area contributed by atoms with Crippen LogP contribution >= 0.6 is 0 Å². The second-order valence-electron chi connectivity index (χ2n) is 1.35. The fraction of sp³-hybridized carbons (Fsp3) is 0.250. The molecule has 0 spiro atoms. The first kappa shape index (κ1) is 5.50. The lowest BCUT2D eigenvalue weighted by molar-refractivity contribution is 0.681. The summed E-state index contributed by atoms with van der Waals surface area (Å²) in [6.45, 7) is 0. The summed E-state index contributed by atoms with van der Waals surface area (Å²) < 4.78 is 10.5. The normalized spacial score (nSPS) is 13.6. The van der Waals surface area contributed by atoms with Crippen molar-refractivity contribution < 1.29 is 5.64 Å². The van der Waals surface area contributed by atoms with Crippen LogP contribution in [-0.4, -0.2) is 20.4 Å². The van der Waals surface area contributed by atoms with Gasteiger partial charge in [0.2, 0.25) is 0 Å². The molecule has 1 rings (SSSR count). The van der Waals surface area contributed by atoms with Gasteiger partial charge in [0, 0.05) is 20.1 Å². The molecule has 1 atom stereocenters. The average molecular weight is 132 g/mol. The number of rotatable bonds is 1. The van der Waals surface area contributed by atoms with Gasteiger partial charge >= 0.3 is 0 Å². The minimum atomic E-state index is -0.965. The molecule has 0 bridgehead atoms. The van der Waals surface area contributed by atoms with Gasteiger partial charge in [-0.25, -0.2) is 4.98 Å². The number of imidazole rings is 1. The molecule has 3 nitrogen and oxygen atoms in total.